The van der Waals surface area contributed by atoms with Gasteiger partial charge in [-0.3, -0.25) is 4.99 Å². The number of allylic oxidation sites excluding steroid dienone is 7. The second-order valence-corrected chi connectivity index (χ2v) is 6.26. The first-order valence-corrected chi connectivity index (χ1v) is 8.41. The molecule has 0 unspecified atom stereocenters. The summed E-state index contributed by atoms with van der Waals surface area (Å²) >= 11 is 0. The van der Waals surface area contributed by atoms with Crippen LogP contribution in [-0.4, -0.2) is 23.3 Å². The Morgan fingerprint density at radius 1 is 1.04 bits per heavy atom. The van der Waals surface area contributed by atoms with Crippen molar-refractivity contribution in [1.29, 1.82) is 0 Å². The molecule has 1 aromatic rings. The first-order chi connectivity index (χ1) is 11.9. The lowest BCUT2D eigenvalue weighted by Gasteiger charge is -2.10. The van der Waals surface area contributed by atoms with Crippen LogP contribution < -0.4 is 0 Å². The molecule has 0 fully saturated rings. The second-order valence-electron chi connectivity index (χ2n) is 6.26. The molecular formula is C22H27NO2. The molecule has 132 valence electrons. The summed E-state index contributed by atoms with van der Waals surface area (Å²) in [5, 5.41) is 9.10. The molecule has 0 amide bonds. The fraction of sp³-hybridized carbons (Fsp3) is 0.273. The lowest BCUT2D eigenvalue weighted by atomic mass is 10.1. The maximum atomic E-state index is 11.1. The van der Waals surface area contributed by atoms with E-state index in [9.17, 15) is 4.79 Å². The number of carbonyl (C=O) groups is 1. The first-order valence-electron chi connectivity index (χ1n) is 8.41. The maximum Gasteiger partial charge on any atom is 0.328 e. The highest BCUT2D eigenvalue weighted by atomic mass is 16.4. The van der Waals surface area contributed by atoms with Gasteiger partial charge >= 0.3 is 5.97 Å². The molecule has 0 saturated heterocycles. The van der Waals surface area contributed by atoms with E-state index in [1.54, 1.807) is 6.21 Å². The van der Waals surface area contributed by atoms with E-state index in [2.05, 4.69) is 29.3 Å². The van der Waals surface area contributed by atoms with Crippen molar-refractivity contribution in [2.45, 2.75) is 33.7 Å². The van der Waals surface area contributed by atoms with Gasteiger partial charge < -0.3 is 5.11 Å². The normalized spacial score (nSPS) is 14.9. The molecule has 0 saturated carbocycles. The predicted molar refractivity (Wildman–Crippen MR) is 107 cm³/mol. The zero-order chi connectivity index (χ0) is 18.7. The molecule has 1 atom stereocenters. The van der Waals surface area contributed by atoms with Gasteiger partial charge in [0.25, 0.3) is 0 Å². The molecule has 25 heavy (non-hydrogen) atoms. The van der Waals surface area contributed by atoms with Gasteiger partial charge in [0.2, 0.25) is 0 Å². The highest BCUT2D eigenvalue weighted by molar-refractivity contribution is 5.82. The number of hydrogen-bond donors (Lipinski definition) is 1. The SMILES string of the molecule is C\C(C=N[C@H](C(=O)O)C(C)C)=C/C=C/C=C(C)/C=C/c1ccccc1. The lowest BCUT2D eigenvalue weighted by molar-refractivity contribution is -0.139. The molecule has 0 radical (unpaired) electrons. The zero-order valence-electron chi connectivity index (χ0n) is 15.4. The molecule has 3 heteroatoms. The van der Waals surface area contributed by atoms with Gasteiger partial charge in [-0.2, -0.15) is 0 Å². The summed E-state index contributed by atoms with van der Waals surface area (Å²) in [6, 6.07) is 9.46. The van der Waals surface area contributed by atoms with Gasteiger partial charge in [-0.15, -0.1) is 0 Å². The Morgan fingerprint density at radius 3 is 2.20 bits per heavy atom. The van der Waals surface area contributed by atoms with Crippen molar-refractivity contribution >= 4 is 18.3 Å². The smallest absolute Gasteiger partial charge is 0.328 e. The number of nitrogens with zero attached hydrogens (tertiary/aromatic N) is 1. The van der Waals surface area contributed by atoms with Gasteiger partial charge in [0, 0.05) is 6.21 Å². The average molecular weight is 337 g/mol. The Bertz CT molecular complexity index is 692. The Hall–Kier alpha value is -2.68. The summed E-state index contributed by atoms with van der Waals surface area (Å²) in [6.07, 6.45) is 13.6. The summed E-state index contributed by atoms with van der Waals surface area (Å²) in [5.41, 5.74) is 3.23. The lowest BCUT2D eigenvalue weighted by Crippen LogP contribution is -2.24. The molecule has 1 aromatic carbocycles. The van der Waals surface area contributed by atoms with Crippen molar-refractivity contribution in [2.75, 3.05) is 0 Å². The molecule has 1 rings (SSSR count). The molecule has 0 spiro atoms. The first kappa shape index (κ1) is 20.4. The number of carboxylic acid groups (broad SMARTS) is 1. The quantitative estimate of drug-likeness (QED) is 0.515. The minimum absolute atomic E-state index is 0.0286. The molecule has 0 bridgehead atoms. The maximum absolute atomic E-state index is 11.1. The molecule has 0 aromatic heterocycles. The fourth-order valence-corrected chi connectivity index (χ4v) is 2.02. The van der Waals surface area contributed by atoms with Crippen LogP contribution in [0.15, 0.2) is 76.9 Å². The Balaban J connectivity index is 2.61. The molecule has 1 N–H and O–H groups in total. The van der Waals surface area contributed by atoms with Crippen LogP contribution in [0.2, 0.25) is 0 Å². The van der Waals surface area contributed by atoms with Gasteiger partial charge in [0.1, 0.15) is 6.04 Å². The van der Waals surface area contributed by atoms with E-state index in [4.69, 9.17) is 5.11 Å². The summed E-state index contributed by atoms with van der Waals surface area (Å²) in [4.78, 5) is 15.2. The molecule has 3 nitrogen and oxygen atoms in total. The van der Waals surface area contributed by atoms with Gasteiger partial charge in [0.05, 0.1) is 0 Å². The van der Waals surface area contributed by atoms with Crippen molar-refractivity contribution in [3.63, 3.8) is 0 Å². The number of rotatable bonds is 8. The van der Waals surface area contributed by atoms with Crippen LogP contribution in [0.4, 0.5) is 0 Å². The number of aliphatic imine (C=N–C) groups is 1. The fourth-order valence-electron chi connectivity index (χ4n) is 2.02. The van der Waals surface area contributed by atoms with Crippen LogP contribution in [0.25, 0.3) is 6.08 Å². The molecular weight excluding hydrogens is 310 g/mol. The van der Waals surface area contributed by atoms with E-state index < -0.39 is 12.0 Å². The third-order valence-electron chi connectivity index (χ3n) is 3.49. The minimum atomic E-state index is -0.890. The summed E-state index contributed by atoms with van der Waals surface area (Å²) in [6.45, 7) is 7.65. The number of carboxylic acids is 1. The van der Waals surface area contributed by atoms with E-state index in [1.807, 2.05) is 70.2 Å². The highest BCUT2D eigenvalue weighted by Gasteiger charge is 2.18. The Morgan fingerprint density at radius 2 is 1.64 bits per heavy atom. The standard InChI is InChI=1S/C22H27NO2/c1-17(2)21(22(24)25)23-16-19(4)11-9-8-10-18(3)14-15-20-12-6-5-7-13-20/h5-17,21H,1-4H3,(H,24,25)/b9-8+,15-14+,18-10+,19-11+,23-16?/t21-/m0/s1. The zero-order valence-corrected chi connectivity index (χ0v) is 15.4. The molecule has 0 heterocycles. The van der Waals surface area contributed by atoms with E-state index >= 15 is 0 Å². The van der Waals surface area contributed by atoms with Gasteiger partial charge in [-0.1, -0.05) is 86.2 Å². The van der Waals surface area contributed by atoms with Crippen molar-refractivity contribution in [2.24, 2.45) is 10.9 Å². The van der Waals surface area contributed by atoms with E-state index in [-0.39, 0.29) is 5.92 Å². The van der Waals surface area contributed by atoms with Crippen molar-refractivity contribution in [3.8, 4) is 0 Å². The van der Waals surface area contributed by atoms with Gasteiger partial charge in [0.15, 0.2) is 0 Å². The number of benzene rings is 1. The monoisotopic (exact) mass is 337 g/mol. The van der Waals surface area contributed by atoms with Crippen LogP contribution in [0.5, 0.6) is 0 Å². The molecule has 0 aliphatic heterocycles. The van der Waals surface area contributed by atoms with E-state index in [0.717, 1.165) is 11.1 Å². The Kier molecular flexibility index (Phi) is 8.94. The topological polar surface area (TPSA) is 49.7 Å². The van der Waals surface area contributed by atoms with Gasteiger partial charge in [-0.25, -0.2) is 4.79 Å². The van der Waals surface area contributed by atoms with Crippen molar-refractivity contribution < 1.29 is 9.90 Å². The summed E-state index contributed by atoms with van der Waals surface area (Å²) in [5.74, 6) is -0.919. The van der Waals surface area contributed by atoms with Crippen LogP contribution in [0.3, 0.4) is 0 Å². The third kappa shape index (κ3) is 8.66. The Labute approximate surface area is 150 Å². The van der Waals surface area contributed by atoms with Gasteiger partial charge in [-0.05, 0) is 30.9 Å². The van der Waals surface area contributed by atoms with Crippen molar-refractivity contribution in [1.82, 2.24) is 0 Å². The summed E-state index contributed by atoms with van der Waals surface area (Å²) < 4.78 is 0. The predicted octanol–water partition coefficient (Wildman–Crippen LogP) is 5.33. The number of hydrogen-bond acceptors (Lipinski definition) is 2. The van der Waals surface area contributed by atoms with E-state index in [1.165, 1.54) is 5.56 Å². The molecule has 0 aliphatic carbocycles. The van der Waals surface area contributed by atoms with Crippen LogP contribution >= 0.6 is 0 Å². The van der Waals surface area contributed by atoms with Crippen molar-refractivity contribution in [3.05, 3.63) is 77.4 Å². The number of aliphatic carboxylic acids is 1. The minimum Gasteiger partial charge on any atom is -0.480 e. The summed E-state index contributed by atoms with van der Waals surface area (Å²) in [7, 11) is 0. The van der Waals surface area contributed by atoms with Crippen LogP contribution in [0, 0.1) is 5.92 Å². The van der Waals surface area contributed by atoms with Crippen LogP contribution in [0.1, 0.15) is 33.3 Å². The highest BCUT2D eigenvalue weighted by Crippen LogP contribution is 2.07. The molecule has 0 aliphatic rings. The van der Waals surface area contributed by atoms with E-state index in [0.29, 0.717) is 0 Å². The second kappa shape index (κ2) is 11.0. The largest absolute Gasteiger partial charge is 0.480 e. The average Bonchev–Trinajstić information content (AvgIpc) is 2.57. The third-order valence-corrected chi connectivity index (χ3v) is 3.49. The van der Waals surface area contributed by atoms with Crippen LogP contribution in [-0.2, 0) is 4.79 Å².